The van der Waals surface area contributed by atoms with Gasteiger partial charge in [-0.3, -0.25) is 0 Å². The molecule has 200 valence electrons. The summed E-state index contributed by atoms with van der Waals surface area (Å²) in [6, 6.07) is 40.6. The Balaban J connectivity index is 0.00000151. The number of para-hydroxylation sites is 2. The number of hydrogen-bond acceptors (Lipinski definition) is 0. The van der Waals surface area contributed by atoms with Crippen molar-refractivity contribution in [1.82, 2.24) is 9.13 Å². The van der Waals surface area contributed by atoms with Crippen LogP contribution in [0.4, 0.5) is 0 Å². The average Bonchev–Trinajstić information content (AvgIpc) is 3.68. The first kappa shape index (κ1) is 28.4. The van der Waals surface area contributed by atoms with Gasteiger partial charge in [0.15, 0.2) is 0 Å². The Labute approximate surface area is 273 Å². The number of aromatic nitrogens is 2. The second-order valence-corrected chi connectivity index (χ2v) is 14.4. The first-order valence-electron chi connectivity index (χ1n) is 13.7. The van der Waals surface area contributed by atoms with E-state index in [4.69, 9.17) is 0 Å². The van der Waals surface area contributed by atoms with Crippen molar-refractivity contribution in [1.29, 1.82) is 0 Å². The van der Waals surface area contributed by atoms with Gasteiger partial charge in [-0.1, -0.05) is 0 Å². The monoisotopic (exact) mass is 736 g/mol. The summed E-state index contributed by atoms with van der Waals surface area (Å²) in [6.45, 7) is 4.52. The molecule has 6 aromatic rings. The van der Waals surface area contributed by atoms with Crippen LogP contribution in [-0.4, -0.2) is 9.13 Å². The van der Waals surface area contributed by atoms with E-state index in [1.165, 1.54) is 66.8 Å². The number of rotatable bonds is 4. The fourth-order valence-electron chi connectivity index (χ4n) is 6.79. The number of allylic oxidation sites excluding steroid dienone is 2. The minimum atomic E-state index is -1.13. The van der Waals surface area contributed by atoms with Crippen LogP contribution in [-0.2, 0) is 23.2 Å². The van der Waals surface area contributed by atoms with Crippen LogP contribution in [0.25, 0.3) is 45.4 Å². The molecule has 2 nitrogen and oxygen atoms in total. The largest absolute Gasteiger partial charge is 1.00 e. The Hall–Kier alpha value is -2.72. The van der Waals surface area contributed by atoms with Crippen molar-refractivity contribution in [2.75, 3.05) is 0 Å². The Morgan fingerprint density at radius 1 is 0.512 bits per heavy atom. The van der Waals surface area contributed by atoms with E-state index < -0.39 is 23.2 Å². The summed E-state index contributed by atoms with van der Waals surface area (Å²) < 4.78 is 6.00. The molecule has 2 heterocycles. The van der Waals surface area contributed by atoms with Crippen molar-refractivity contribution in [3.05, 3.63) is 143 Å². The maximum absolute atomic E-state index is 2.54. The second-order valence-electron chi connectivity index (χ2n) is 10.8. The van der Waals surface area contributed by atoms with Crippen LogP contribution in [0.15, 0.2) is 109 Å². The maximum atomic E-state index is 2.54. The Morgan fingerprint density at radius 3 is 1.37 bits per heavy atom. The van der Waals surface area contributed by atoms with E-state index >= 15 is 0 Å². The number of benzene rings is 4. The minimum absolute atomic E-state index is 0. The summed E-state index contributed by atoms with van der Waals surface area (Å²) in [4.78, 5) is 0. The number of hydrogen-bond donors (Lipinski definition) is 0. The maximum Gasteiger partial charge on any atom is -1.00 e. The zero-order valence-corrected chi connectivity index (χ0v) is 28.5. The first-order valence-corrected chi connectivity index (χ1v) is 16.5. The van der Waals surface area contributed by atoms with Gasteiger partial charge in [0.25, 0.3) is 0 Å². The number of halogens is 2. The van der Waals surface area contributed by atoms with Crippen LogP contribution in [0.1, 0.15) is 40.9 Å². The second kappa shape index (κ2) is 11.2. The molecule has 2 atom stereocenters. The quantitative estimate of drug-likeness (QED) is 0.264. The van der Waals surface area contributed by atoms with Gasteiger partial charge in [-0.2, -0.15) is 0 Å². The predicted octanol–water partition coefficient (Wildman–Crippen LogP) is 3.11. The van der Waals surface area contributed by atoms with Gasteiger partial charge in [0.1, 0.15) is 0 Å². The zero-order valence-electron chi connectivity index (χ0n) is 22.9. The smallest absolute Gasteiger partial charge is 1.00 e. The molecule has 0 spiro atoms. The molecule has 0 radical (unpaired) electrons. The molecule has 0 bridgehead atoms. The van der Waals surface area contributed by atoms with E-state index in [2.05, 4.69) is 144 Å². The SMILES string of the molecule is Cc1cc2ccccc2n1C1=Cc2ccccc2[CH]1[Zr+2][CH]1C(n2c(C)cc3ccccc32)=Cc2ccccc21.[Br-].[Br-]. The van der Waals surface area contributed by atoms with Gasteiger partial charge in [-0.25, -0.2) is 0 Å². The summed E-state index contributed by atoms with van der Waals surface area (Å²) in [5.74, 6) is 0. The molecular formula is C36H28Br2N2Zr. The number of aryl methyl sites for hydroxylation is 2. The third-order valence-corrected chi connectivity index (χ3v) is 13.1. The molecule has 0 fully saturated rings. The molecule has 5 heteroatoms. The molecule has 4 aromatic carbocycles. The molecule has 2 aliphatic rings. The van der Waals surface area contributed by atoms with Gasteiger partial charge in [0.05, 0.1) is 0 Å². The van der Waals surface area contributed by atoms with E-state index in [1.54, 1.807) is 0 Å². The molecule has 0 amide bonds. The first-order chi connectivity index (χ1) is 19.2. The van der Waals surface area contributed by atoms with E-state index in [1.807, 2.05) is 0 Å². The molecule has 2 unspecified atom stereocenters. The van der Waals surface area contributed by atoms with Crippen LogP contribution in [0.2, 0.25) is 0 Å². The molecule has 8 rings (SSSR count). The van der Waals surface area contributed by atoms with E-state index in [-0.39, 0.29) is 34.0 Å². The summed E-state index contributed by atoms with van der Waals surface area (Å²) in [5.41, 5.74) is 14.0. The zero-order chi connectivity index (χ0) is 26.1. The van der Waals surface area contributed by atoms with Crippen LogP contribution >= 0.6 is 0 Å². The summed E-state index contributed by atoms with van der Waals surface area (Å²) in [7, 11) is 0. The average molecular weight is 740 g/mol. The normalized spacial score (nSPS) is 16.8. The fourth-order valence-corrected chi connectivity index (χ4v) is 11.7. The molecule has 0 N–H and O–H groups in total. The van der Waals surface area contributed by atoms with E-state index in [0.717, 1.165) is 0 Å². The molecule has 41 heavy (non-hydrogen) atoms. The van der Waals surface area contributed by atoms with Gasteiger partial charge in [0.2, 0.25) is 0 Å². The standard InChI is InChI=1S/2C18H14N.2BrH.Zr/c2*1-13-10-16-8-4-5-9-18(16)19(13)17-11-14-6-2-3-7-15(14)12-17;;;/h2*2-12H,1H3;2*1H;/q;;;;+2/p-2. The fraction of sp³-hybridized carbons (Fsp3) is 0.111. The molecule has 2 aliphatic carbocycles. The van der Waals surface area contributed by atoms with E-state index in [0.29, 0.717) is 7.25 Å². The Bertz CT molecular complexity index is 1850. The van der Waals surface area contributed by atoms with Gasteiger partial charge >= 0.3 is 242 Å². The molecule has 0 aliphatic heterocycles. The van der Waals surface area contributed by atoms with Crippen molar-refractivity contribution in [3.8, 4) is 0 Å². The minimum Gasteiger partial charge on any atom is -1.00 e. The molecule has 0 saturated heterocycles. The summed E-state index contributed by atoms with van der Waals surface area (Å²) in [6.07, 6.45) is 4.95. The van der Waals surface area contributed by atoms with Crippen molar-refractivity contribution in [2.24, 2.45) is 0 Å². The molecule has 2 aromatic heterocycles. The van der Waals surface area contributed by atoms with Gasteiger partial charge in [0, 0.05) is 0 Å². The topological polar surface area (TPSA) is 9.86 Å². The summed E-state index contributed by atoms with van der Waals surface area (Å²) >= 11 is -1.13. The van der Waals surface area contributed by atoms with Crippen molar-refractivity contribution in [3.63, 3.8) is 0 Å². The van der Waals surface area contributed by atoms with Crippen LogP contribution in [0.3, 0.4) is 0 Å². The van der Waals surface area contributed by atoms with Gasteiger partial charge < -0.3 is 34.0 Å². The molecular weight excluding hydrogens is 711 g/mol. The third kappa shape index (κ3) is 4.52. The Morgan fingerprint density at radius 2 is 0.902 bits per heavy atom. The third-order valence-electron chi connectivity index (χ3n) is 8.45. The van der Waals surface area contributed by atoms with Crippen molar-refractivity contribution >= 4 is 45.4 Å². The molecule has 0 saturated carbocycles. The predicted molar refractivity (Wildman–Crippen MR) is 160 cm³/mol. The van der Waals surface area contributed by atoms with Crippen molar-refractivity contribution < 1.29 is 57.2 Å². The van der Waals surface area contributed by atoms with Gasteiger partial charge in [-0.15, -0.1) is 0 Å². The Kier molecular flexibility index (Phi) is 7.74. The van der Waals surface area contributed by atoms with E-state index in [9.17, 15) is 0 Å². The van der Waals surface area contributed by atoms with Crippen LogP contribution in [0.5, 0.6) is 0 Å². The summed E-state index contributed by atoms with van der Waals surface area (Å²) in [5, 5.41) is 2.63. The van der Waals surface area contributed by atoms with Crippen molar-refractivity contribution in [2.45, 2.75) is 21.1 Å². The number of nitrogens with zero attached hydrogens (tertiary/aromatic N) is 2. The number of fused-ring (bicyclic) bond motifs is 4. The van der Waals surface area contributed by atoms with Gasteiger partial charge in [-0.05, 0) is 0 Å². The van der Waals surface area contributed by atoms with Crippen LogP contribution in [0, 0.1) is 13.8 Å². The van der Waals surface area contributed by atoms with Crippen LogP contribution < -0.4 is 34.0 Å².